The molecule has 0 aliphatic heterocycles. The van der Waals surface area contributed by atoms with Crippen molar-refractivity contribution >= 4 is 30.3 Å². The maximum atomic E-state index is 12.4. The number of nitrogens with two attached hydrogens (primary N) is 1. The number of aromatic hydroxyl groups is 1. The fraction of sp³-hybridized carbons (Fsp3) is 0.471. The normalized spacial score (nSPS) is 29.8. The summed E-state index contributed by atoms with van der Waals surface area (Å²) in [5.41, 5.74) is 5.06. The number of phenols is 1. The summed E-state index contributed by atoms with van der Waals surface area (Å²) in [6, 6.07) is 5.23. The molecule has 1 amide bonds. The lowest BCUT2D eigenvalue weighted by Gasteiger charge is -2.29. The molecule has 142 valence electrons. The van der Waals surface area contributed by atoms with Crippen LogP contribution in [0.4, 0.5) is 0 Å². The van der Waals surface area contributed by atoms with Crippen LogP contribution in [0.25, 0.3) is 0 Å². The average molecular weight is 385 g/mol. The minimum Gasteiger partial charge on any atom is -0.508 e. The van der Waals surface area contributed by atoms with Crippen LogP contribution < -0.4 is 11.1 Å². The number of nitrogens with one attached hydrogen (secondary N) is 1. The van der Waals surface area contributed by atoms with Crippen molar-refractivity contribution in [3.63, 3.8) is 0 Å². The molecule has 6 N–H and O–H groups in total. The lowest BCUT2D eigenvalue weighted by Crippen LogP contribution is -2.59. The van der Waals surface area contributed by atoms with Crippen molar-refractivity contribution < 1.29 is 29.7 Å². The first-order chi connectivity index (χ1) is 11.8. The first-order valence-electron chi connectivity index (χ1n) is 8.08. The van der Waals surface area contributed by atoms with Gasteiger partial charge in [0, 0.05) is 5.92 Å². The number of hydrogen-bond acceptors (Lipinski definition) is 5. The number of halogens is 1. The fourth-order valence-corrected chi connectivity index (χ4v) is 4.04. The van der Waals surface area contributed by atoms with E-state index in [0.717, 1.165) is 5.56 Å². The Kier molecular flexibility index (Phi) is 5.48. The van der Waals surface area contributed by atoms with Gasteiger partial charge in [0.25, 0.3) is 0 Å². The van der Waals surface area contributed by atoms with Gasteiger partial charge in [-0.3, -0.25) is 9.59 Å². The number of phenolic OH excluding ortho intramolecular Hbond substituents is 1. The highest BCUT2D eigenvalue weighted by molar-refractivity contribution is 5.92. The van der Waals surface area contributed by atoms with E-state index in [0.29, 0.717) is 6.42 Å². The van der Waals surface area contributed by atoms with E-state index in [1.807, 2.05) is 0 Å². The lowest BCUT2D eigenvalue weighted by molar-refractivity contribution is -0.150. The molecular formula is C17H21ClN2O6. The van der Waals surface area contributed by atoms with Crippen molar-refractivity contribution in [1.29, 1.82) is 0 Å². The molecular weight excluding hydrogens is 364 g/mol. The molecule has 0 heterocycles. The third kappa shape index (κ3) is 3.34. The first-order valence-corrected chi connectivity index (χ1v) is 8.08. The van der Waals surface area contributed by atoms with Crippen LogP contribution in [0.5, 0.6) is 5.75 Å². The number of hydrogen-bond donors (Lipinski definition) is 5. The van der Waals surface area contributed by atoms with E-state index in [9.17, 15) is 29.7 Å². The second-order valence-electron chi connectivity index (χ2n) is 6.84. The molecule has 9 heteroatoms. The Morgan fingerprint density at radius 1 is 1.23 bits per heavy atom. The summed E-state index contributed by atoms with van der Waals surface area (Å²) >= 11 is 0. The molecule has 0 saturated heterocycles. The zero-order chi connectivity index (χ0) is 18.4. The summed E-state index contributed by atoms with van der Waals surface area (Å²) in [6.45, 7) is 0. The summed E-state index contributed by atoms with van der Waals surface area (Å²) in [7, 11) is 0. The van der Waals surface area contributed by atoms with Gasteiger partial charge in [0.2, 0.25) is 5.91 Å². The van der Waals surface area contributed by atoms with E-state index >= 15 is 0 Å². The number of aliphatic carboxylic acids is 2. The molecule has 1 aromatic rings. The monoisotopic (exact) mass is 384 g/mol. The van der Waals surface area contributed by atoms with Crippen LogP contribution in [0, 0.1) is 17.8 Å². The number of carbonyl (C=O) groups is 3. The molecule has 8 nitrogen and oxygen atoms in total. The Bertz CT molecular complexity index is 724. The van der Waals surface area contributed by atoms with Gasteiger partial charge >= 0.3 is 11.9 Å². The van der Waals surface area contributed by atoms with Crippen LogP contribution in [0.1, 0.15) is 18.4 Å². The van der Waals surface area contributed by atoms with Crippen LogP contribution in [0.2, 0.25) is 0 Å². The minimum atomic E-state index is -1.56. The molecule has 0 unspecified atom stereocenters. The van der Waals surface area contributed by atoms with Crippen LogP contribution >= 0.6 is 12.4 Å². The molecule has 2 aliphatic carbocycles. The van der Waals surface area contributed by atoms with Crippen LogP contribution in [0.3, 0.4) is 0 Å². The van der Waals surface area contributed by atoms with Crippen LogP contribution in [-0.2, 0) is 20.8 Å². The molecule has 0 radical (unpaired) electrons. The van der Waals surface area contributed by atoms with Gasteiger partial charge in [-0.15, -0.1) is 12.4 Å². The fourth-order valence-electron chi connectivity index (χ4n) is 4.04. The smallest absolute Gasteiger partial charge is 0.329 e. The van der Waals surface area contributed by atoms with Gasteiger partial charge in [-0.25, -0.2) is 4.79 Å². The van der Waals surface area contributed by atoms with Crippen molar-refractivity contribution in [1.82, 2.24) is 5.32 Å². The van der Waals surface area contributed by atoms with Crippen molar-refractivity contribution in [2.75, 3.05) is 0 Å². The summed E-state index contributed by atoms with van der Waals surface area (Å²) < 4.78 is 0. The number of benzene rings is 1. The molecule has 5 atom stereocenters. The standard InChI is InChI=1S/C17H20N2O6.ClH/c18-11(7-8-1-3-9(20)4-2-8)14(21)19-17(16(24)25)6-5-10-12(13(10)17)15(22)23;/h1-4,10-13,20H,5-7,18H2,(H,19,21)(H,22,23)(H,24,25);1H/t10-,11-,12-,13-,17-;/m0./s1. The number of rotatable bonds is 6. The SMILES string of the molecule is Cl.N[C@@H](Cc1ccc(O)cc1)C(=O)N[C@@]1(C(=O)O)CC[C@H]2[C@H](C(=O)O)[C@H]21. The van der Waals surface area contributed by atoms with Gasteiger partial charge < -0.3 is 26.4 Å². The van der Waals surface area contributed by atoms with Gasteiger partial charge in [-0.1, -0.05) is 12.1 Å². The Labute approximate surface area is 155 Å². The highest BCUT2D eigenvalue weighted by atomic mass is 35.5. The summed E-state index contributed by atoms with van der Waals surface area (Å²) in [6.07, 6.45) is 0.846. The Hall–Kier alpha value is -2.32. The van der Waals surface area contributed by atoms with E-state index in [2.05, 4.69) is 5.32 Å². The topological polar surface area (TPSA) is 150 Å². The molecule has 0 aromatic heterocycles. The zero-order valence-corrected chi connectivity index (χ0v) is 14.6. The Balaban J connectivity index is 0.00000243. The number of amides is 1. The predicted octanol–water partition coefficient (Wildman–Crippen LogP) is 0.364. The molecule has 0 bridgehead atoms. The number of carboxylic acid groups (broad SMARTS) is 2. The van der Waals surface area contributed by atoms with Crippen molar-refractivity contribution in [2.24, 2.45) is 23.5 Å². The Morgan fingerprint density at radius 2 is 1.85 bits per heavy atom. The molecule has 1 aromatic carbocycles. The van der Waals surface area contributed by atoms with Gasteiger partial charge in [0.1, 0.15) is 11.3 Å². The van der Waals surface area contributed by atoms with E-state index in [-0.39, 0.29) is 36.9 Å². The van der Waals surface area contributed by atoms with E-state index in [4.69, 9.17) is 5.73 Å². The average Bonchev–Trinajstić information content (AvgIpc) is 3.18. The summed E-state index contributed by atoms with van der Waals surface area (Å²) in [4.78, 5) is 35.5. The van der Waals surface area contributed by atoms with Gasteiger partial charge in [-0.05, 0) is 42.9 Å². The molecule has 26 heavy (non-hydrogen) atoms. The third-order valence-corrected chi connectivity index (χ3v) is 5.35. The highest BCUT2D eigenvalue weighted by Gasteiger charge is 2.72. The van der Waals surface area contributed by atoms with Crippen molar-refractivity contribution in [3.05, 3.63) is 29.8 Å². The molecule has 0 spiro atoms. The Morgan fingerprint density at radius 3 is 2.35 bits per heavy atom. The number of fused-ring (bicyclic) bond motifs is 1. The van der Waals surface area contributed by atoms with Crippen LogP contribution in [-0.4, -0.2) is 44.7 Å². The zero-order valence-electron chi connectivity index (χ0n) is 13.8. The largest absolute Gasteiger partial charge is 0.508 e. The van der Waals surface area contributed by atoms with E-state index < -0.39 is 41.3 Å². The molecule has 2 saturated carbocycles. The lowest BCUT2D eigenvalue weighted by atomic mass is 9.89. The van der Waals surface area contributed by atoms with Crippen LogP contribution in [0.15, 0.2) is 24.3 Å². The minimum absolute atomic E-state index is 0. The highest BCUT2D eigenvalue weighted by Crippen LogP contribution is 2.62. The maximum absolute atomic E-state index is 12.4. The van der Waals surface area contributed by atoms with Gasteiger partial charge in [0.05, 0.1) is 12.0 Å². The third-order valence-electron chi connectivity index (χ3n) is 5.35. The summed E-state index contributed by atoms with van der Waals surface area (Å²) in [5, 5.41) is 30.6. The van der Waals surface area contributed by atoms with Gasteiger partial charge in [-0.2, -0.15) is 0 Å². The van der Waals surface area contributed by atoms with Gasteiger partial charge in [0.15, 0.2) is 0 Å². The number of carbonyl (C=O) groups excluding carboxylic acids is 1. The predicted molar refractivity (Wildman–Crippen MR) is 92.9 cm³/mol. The van der Waals surface area contributed by atoms with E-state index in [1.165, 1.54) is 12.1 Å². The van der Waals surface area contributed by atoms with Crippen molar-refractivity contribution in [2.45, 2.75) is 30.8 Å². The second-order valence-corrected chi connectivity index (χ2v) is 6.84. The molecule has 2 fully saturated rings. The molecule has 2 aliphatic rings. The number of carboxylic acids is 2. The first kappa shape index (κ1) is 20.0. The second kappa shape index (κ2) is 7.13. The molecule has 3 rings (SSSR count). The van der Waals surface area contributed by atoms with E-state index in [1.54, 1.807) is 12.1 Å². The van der Waals surface area contributed by atoms with Crippen molar-refractivity contribution in [3.8, 4) is 5.75 Å². The maximum Gasteiger partial charge on any atom is 0.329 e. The quantitative estimate of drug-likeness (QED) is 0.475. The summed E-state index contributed by atoms with van der Waals surface area (Å²) in [5.74, 6) is -4.28.